The predicted octanol–water partition coefficient (Wildman–Crippen LogP) is 0.532. The van der Waals surface area contributed by atoms with E-state index in [-0.39, 0.29) is 5.91 Å². The first-order valence-electron chi connectivity index (χ1n) is 7.27. The summed E-state index contributed by atoms with van der Waals surface area (Å²) in [4.78, 5) is 18.7. The lowest BCUT2D eigenvalue weighted by atomic mass is 9.98. The number of nitrogens with one attached hydrogen (secondary N) is 2. The van der Waals surface area contributed by atoms with Crippen molar-refractivity contribution in [2.45, 2.75) is 25.9 Å². The van der Waals surface area contributed by atoms with Crippen LogP contribution >= 0.6 is 0 Å². The fourth-order valence-corrected chi connectivity index (χ4v) is 2.48. The second-order valence-corrected chi connectivity index (χ2v) is 5.62. The quantitative estimate of drug-likeness (QED) is 0.749. The largest absolute Gasteiger partial charge is 0.383 e. The fraction of sp³-hybridized carbons (Fsp3) is 0.600. The van der Waals surface area contributed by atoms with Crippen molar-refractivity contribution in [2.75, 3.05) is 38.3 Å². The van der Waals surface area contributed by atoms with Crippen LogP contribution in [0.4, 0.5) is 5.82 Å². The topological polar surface area (TPSA) is 66.5 Å². The van der Waals surface area contributed by atoms with Crippen LogP contribution in [-0.4, -0.2) is 49.8 Å². The van der Waals surface area contributed by atoms with Gasteiger partial charge >= 0.3 is 0 Å². The van der Waals surface area contributed by atoms with Gasteiger partial charge in [-0.25, -0.2) is 4.98 Å². The minimum Gasteiger partial charge on any atom is -0.383 e. The SMILES string of the molecule is COCCNCc1cccnc1N1CCNC(=O)C1(C)C. The lowest BCUT2D eigenvalue weighted by Crippen LogP contribution is -2.62. The zero-order valence-electron chi connectivity index (χ0n) is 13.0. The van der Waals surface area contributed by atoms with Gasteiger partial charge in [0.25, 0.3) is 0 Å². The van der Waals surface area contributed by atoms with Gasteiger partial charge in [-0.2, -0.15) is 0 Å². The van der Waals surface area contributed by atoms with Gasteiger partial charge in [0.2, 0.25) is 5.91 Å². The van der Waals surface area contributed by atoms with Gasteiger partial charge in [0, 0.05) is 45.0 Å². The van der Waals surface area contributed by atoms with Crippen molar-refractivity contribution in [3.8, 4) is 0 Å². The van der Waals surface area contributed by atoms with Crippen molar-refractivity contribution in [1.29, 1.82) is 0 Å². The highest BCUT2D eigenvalue weighted by Crippen LogP contribution is 2.27. The number of ether oxygens (including phenoxy) is 1. The zero-order chi connectivity index (χ0) is 15.3. The molecule has 1 saturated heterocycles. The number of rotatable bonds is 6. The molecule has 2 heterocycles. The number of anilines is 1. The van der Waals surface area contributed by atoms with Gasteiger partial charge in [-0.3, -0.25) is 4.79 Å². The molecule has 0 saturated carbocycles. The van der Waals surface area contributed by atoms with E-state index in [2.05, 4.69) is 20.5 Å². The Morgan fingerprint density at radius 1 is 1.52 bits per heavy atom. The summed E-state index contributed by atoms with van der Waals surface area (Å²) in [6.07, 6.45) is 1.77. The van der Waals surface area contributed by atoms with E-state index in [0.29, 0.717) is 19.7 Å². The van der Waals surface area contributed by atoms with Crippen LogP contribution in [0.1, 0.15) is 19.4 Å². The van der Waals surface area contributed by atoms with Gasteiger partial charge < -0.3 is 20.3 Å². The molecule has 0 atom stereocenters. The summed E-state index contributed by atoms with van der Waals surface area (Å²) < 4.78 is 5.03. The molecule has 2 N–H and O–H groups in total. The predicted molar refractivity (Wildman–Crippen MR) is 82.3 cm³/mol. The number of pyridine rings is 1. The normalized spacial score (nSPS) is 17.7. The molecular weight excluding hydrogens is 268 g/mol. The van der Waals surface area contributed by atoms with Crippen LogP contribution in [0.5, 0.6) is 0 Å². The van der Waals surface area contributed by atoms with Gasteiger partial charge in [0.05, 0.1) is 6.61 Å². The van der Waals surface area contributed by atoms with Gasteiger partial charge in [0.15, 0.2) is 0 Å². The minimum absolute atomic E-state index is 0.0395. The van der Waals surface area contributed by atoms with E-state index < -0.39 is 5.54 Å². The molecule has 0 bridgehead atoms. The van der Waals surface area contributed by atoms with E-state index in [1.54, 1.807) is 13.3 Å². The minimum atomic E-state index is -0.589. The van der Waals surface area contributed by atoms with Crippen LogP contribution in [0.3, 0.4) is 0 Å². The van der Waals surface area contributed by atoms with Crippen molar-refractivity contribution in [1.82, 2.24) is 15.6 Å². The molecule has 0 aromatic carbocycles. The Bertz CT molecular complexity index is 490. The average molecular weight is 292 g/mol. The first-order valence-corrected chi connectivity index (χ1v) is 7.27. The van der Waals surface area contributed by atoms with Crippen molar-refractivity contribution in [3.63, 3.8) is 0 Å². The number of methoxy groups -OCH3 is 1. The highest BCUT2D eigenvalue weighted by molar-refractivity contribution is 5.90. The highest BCUT2D eigenvalue weighted by Gasteiger charge is 2.39. The Balaban J connectivity index is 2.17. The third-order valence-electron chi connectivity index (χ3n) is 3.77. The number of aromatic nitrogens is 1. The van der Waals surface area contributed by atoms with Crippen molar-refractivity contribution < 1.29 is 9.53 Å². The summed E-state index contributed by atoms with van der Waals surface area (Å²) in [5, 5.41) is 6.24. The summed E-state index contributed by atoms with van der Waals surface area (Å²) in [6.45, 7) is 7.44. The molecule has 1 fully saturated rings. The maximum atomic E-state index is 12.1. The molecule has 6 heteroatoms. The summed E-state index contributed by atoms with van der Waals surface area (Å²) >= 11 is 0. The monoisotopic (exact) mass is 292 g/mol. The molecule has 1 aromatic rings. The highest BCUT2D eigenvalue weighted by atomic mass is 16.5. The summed E-state index contributed by atoms with van der Waals surface area (Å²) in [5.41, 5.74) is 0.504. The Labute approximate surface area is 125 Å². The zero-order valence-corrected chi connectivity index (χ0v) is 13.0. The number of piperazine rings is 1. The first-order chi connectivity index (χ1) is 10.1. The average Bonchev–Trinajstić information content (AvgIpc) is 2.47. The maximum absolute atomic E-state index is 12.1. The van der Waals surface area contributed by atoms with Crippen LogP contribution in [-0.2, 0) is 16.1 Å². The van der Waals surface area contributed by atoms with Crippen LogP contribution in [0.25, 0.3) is 0 Å². The Kier molecular flexibility index (Phi) is 5.14. The Morgan fingerprint density at radius 3 is 3.10 bits per heavy atom. The van der Waals surface area contributed by atoms with Gasteiger partial charge in [0.1, 0.15) is 11.4 Å². The second-order valence-electron chi connectivity index (χ2n) is 5.62. The molecule has 1 aromatic heterocycles. The van der Waals surface area contributed by atoms with Gasteiger partial charge in [-0.1, -0.05) is 6.07 Å². The van der Waals surface area contributed by atoms with Crippen molar-refractivity contribution >= 4 is 11.7 Å². The summed E-state index contributed by atoms with van der Waals surface area (Å²) in [6, 6.07) is 3.97. The molecule has 21 heavy (non-hydrogen) atoms. The van der Waals surface area contributed by atoms with E-state index in [4.69, 9.17) is 4.74 Å². The summed E-state index contributed by atoms with van der Waals surface area (Å²) in [5.74, 6) is 0.917. The van der Waals surface area contributed by atoms with Crippen LogP contribution in [0.2, 0.25) is 0 Å². The smallest absolute Gasteiger partial charge is 0.245 e. The van der Waals surface area contributed by atoms with Crippen LogP contribution in [0, 0.1) is 0 Å². The van der Waals surface area contributed by atoms with Gasteiger partial charge in [-0.05, 0) is 19.9 Å². The van der Waals surface area contributed by atoms with E-state index in [9.17, 15) is 4.79 Å². The molecule has 1 aliphatic rings. The van der Waals surface area contributed by atoms with E-state index in [1.165, 1.54) is 0 Å². The third kappa shape index (κ3) is 3.51. The number of carbonyl (C=O) groups is 1. The maximum Gasteiger partial charge on any atom is 0.245 e. The molecular formula is C15H24N4O2. The Morgan fingerprint density at radius 2 is 2.33 bits per heavy atom. The first kappa shape index (κ1) is 15.7. The molecule has 0 spiro atoms. The second kappa shape index (κ2) is 6.87. The van der Waals surface area contributed by atoms with Crippen LogP contribution in [0.15, 0.2) is 18.3 Å². The van der Waals surface area contributed by atoms with Gasteiger partial charge in [-0.15, -0.1) is 0 Å². The van der Waals surface area contributed by atoms with E-state index in [0.717, 1.165) is 24.5 Å². The third-order valence-corrected chi connectivity index (χ3v) is 3.77. The molecule has 6 nitrogen and oxygen atoms in total. The molecule has 0 radical (unpaired) electrons. The Hall–Kier alpha value is -1.66. The van der Waals surface area contributed by atoms with Crippen molar-refractivity contribution in [3.05, 3.63) is 23.9 Å². The fourth-order valence-electron chi connectivity index (χ4n) is 2.48. The lowest BCUT2D eigenvalue weighted by Gasteiger charge is -2.42. The molecule has 0 unspecified atom stereocenters. The summed E-state index contributed by atoms with van der Waals surface area (Å²) in [7, 11) is 1.69. The number of hydrogen-bond donors (Lipinski definition) is 2. The molecule has 116 valence electrons. The number of carbonyl (C=O) groups excluding carboxylic acids is 1. The van der Waals surface area contributed by atoms with Crippen molar-refractivity contribution in [2.24, 2.45) is 0 Å². The number of nitrogens with zero attached hydrogens (tertiary/aromatic N) is 2. The molecule has 1 amide bonds. The standard InChI is InChI=1S/C15H24N4O2/c1-15(2)14(20)18-7-9-19(15)13-12(5-4-6-17-13)11-16-8-10-21-3/h4-6,16H,7-11H2,1-3H3,(H,18,20). The van der Waals surface area contributed by atoms with Crippen LogP contribution < -0.4 is 15.5 Å². The molecule has 0 aliphatic carbocycles. The number of amides is 1. The molecule has 1 aliphatic heterocycles. The lowest BCUT2D eigenvalue weighted by molar-refractivity contribution is -0.126. The number of hydrogen-bond acceptors (Lipinski definition) is 5. The van der Waals surface area contributed by atoms with E-state index in [1.807, 2.05) is 26.0 Å². The molecule has 2 rings (SSSR count). The van der Waals surface area contributed by atoms with E-state index >= 15 is 0 Å².